The van der Waals surface area contributed by atoms with E-state index in [4.69, 9.17) is 0 Å². The molecule has 0 unspecified atom stereocenters. The summed E-state index contributed by atoms with van der Waals surface area (Å²) >= 11 is 0. The lowest BCUT2D eigenvalue weighted by Crippen LogP contribution is -2.44. The first-order valence-electron chi connectivity index (χ1n) is 11.5. The van der Waals surface area contributed by atoms with Gasteiger partial charge >= 0.3 is 0 Å². The van der Waals surface area contributed by atoms with Crippen LogP contribution in [0.4, 0.5) is 5.95 Å². The fourth-order valence-corrected chi connectivity index (χ4v) is 3.36. The van der Waals surface area contributed by atoms with E-state index in [9.17, 15) is 19.2 Å². The maximum atomic E-state index is 12.9. The molecule has 37 heavy (non-hydrogen) atoms. The van der Waals surface area contributed by atoms with Gasteiger partial charge in [0, 0.05) is 49.0 Å². The molecule has 0 fully saturated rings. The van der Waals surface area contributed by atoms with Crippen molar-refractivity contribution in [1.29, 1.82) is 0 Å². The van der Waals surface area contributed by atoms with Crippen molar-refractivity contribution in [3.05, 3.63) is 89.0 Å². The van der Waals surface area contributed by atoms with Gasteiger partial charge in [0.05, 0.1) is 0 Å². The topological polar surface area (TPSA) is 145 Å². The zero-order valence-corrected chi connectivity index (χ0v) is 20.9. The molecule has 0 saturated carbocycles. The Kier molecular flexibility index (Phi) is 9.25. The number of carbonyl (C=O) groups excluding carboxylic acids is 4. The highest BCUT2D eigenvalue weighted by molar-refractivity contribution is 6.00. The van der Waals surface area contributed by atoms with Gasteiger partial charge in [-0.1, -0.05) is 6.08 Å². The predicted molar refractivity (Wildman–Crippen MR) is 138 cm³/mol. The summed E-state index contributed by atoms with van der Waals surface area (Å²) in [4.78, 5) is 59.0. The van der Waals surface area contributed by atoms with Crippen LogP contribution < -0.4 is 21.3 Å². The van der Waals surface area contributed by atoms with E-state index in [0.29, 0.717) is 23.6 Å². The number of hydrogen-bond acceptors (Lipinski definition) is 7. The summed E-state index contributed by atoms with van der Waals surface area (Å²) in [6.07, 6.45) is 9.52. The minimum atomic E-state index is -0.506. The fraction of sp³-hybridized carbons (Fsp3) is 0.231. The van der Waals surface area contributed by atoms with Gasteiger partial charge in [0.1, 0.15) is 13.1 Å². The largest absolute Gasteiger partial charge is 0.358 e. The second kappa shape index (κ2) is 12.8. The molecule has 4 N–H and O–H groups in total. The fourth-order valence-electron chi connectivity index (χ4n) is 3.36. The summed E-state index contributed by atoms with van der Waals surface area (Å²) < 4.78 is 0. The minimum absolute atomic E-state index is 0.242. The highest BCUT2D eigenvalue weighted by Gasteiger charge is 2.21. The van der Waals surface area contributed by atoms with Crippen LogP contribution >= 0.6 is 0 Å². The maximum Gasteiger partial charge on any atom is 0.255 e. The third kappa shape index (κ3) is 7.59. The van der Waals surface area contributed by atoms with Crippen LogP contribution in [-0.2, 0) is 9.59 Å². The highest BCUT2D eigenvalue weighted by Crippen LogP contribution is 2.18. The van der Waals surface area contributed by atoms with E-state index in [1.54, 1.807) is 24.5 Å². The molecule has 0 radical (unpaired) electrons. The third-order valence-electron chi connectivity index (χ3n) is 5.46. The Labute approximate surface area is 214 Å². The van der Waals surface area contributed by atoms with E-state index < -0.39 is 17.7 Å². The van der Waals surface area contributed by atoms with Gasteiger partial charge in [0.25, 0.3) is 11.8 Å². The van der Waals surface area contributed by atoms with Gasteiger partial charge in [-0.15, -0.1) is 0 Å². The molecule has 1 aliphatic carbocycles. The first kappa shape index (κ1) is 26.8. The number of hydrogen-bond donors (Lipinski definition) is 4. The Morgan fingerprint density at radius 1 is 0.919 bits per heavy atom. The van der Waals surface area contributed by atoms with Crippen molar-refractivity contribution in [3.63, 3.8) is 0 Å². The molecule has 1 aromatic carbocycles. The SMILES string of the molecule is CNC(=O)CN(CC(=O)NC)C(=O)c1ccc(C(=O)NC2=CC(Nc3ncccn3)=C(C)CC=C2)cc1. The average Bonchev–Trinajstić information content (AvgIpc) is 3.08. The number of anilines is 1. The molecular formula is C26H29N7O4. The molecule has 2 aromatic rings. The number of benzene rings is 1. The molecule has 0 aliphatic heterocycles. The van der Waals surface area contributed by atoms with Crippen molar-refractivity contribution >= 4 is 29.6 Å². The van der Waals surface area contributed by atoms with Crippen LogP contribution in [-0.4, -0.2) is 65.7 Å². The first-order chi connectivity index (χ1) is 17.8. The summed E-state index contributed by atoms with van der Waals surface area (Å²) in [5.41, 5.74) is 2.98. The molecule has 4 amide bonds. The van der Waals surface area contributed by atoms with Gasteiger partial charge in [-0.3, -0.25) is 19.2 Å². The van der Waals surface area contributed by atoms with Crippen LogP contribution in [0.2, 0.25) is 0 Å². The molecule has 11 nitrogen and oxygen atoms in total. The number of nitrogens with zero attached hydrogens (tertiary/aromatic N) is 3. The first-order valence-corrected chi connectivity index (χ1v) is 11.5. The third-order valence-corrected chi connectivity index (χ3v) is 5.46. The quantitative estimate of drug-likeness (QED) is 0.404. The predicted octanol–water partition coefficient (Wildman–Crippen LogP) is 1.37. The van der Waals surface area contributed by atoms with Crippen molar-refractivity contribution in [2.24, 2.45) is 0 Å². The van der Waals surface area contributed by atoms with Crippen molar-refractivity contribution in [3.8, 4) is 0 Å². The summed E-state index contributed by atoms with van der Waals surface area (Å²) in [6.45, 7) is 1.43. The van der Waals surface area contributed by atoms with Gasteiger partial charge in [-0.05, 0) is 61.4 Å². The van der Waals surface area contributed by atoms with E-state index in [2.05, 4.69) is 31.2 Å². The van der Waals surface area contributed by atoms with E-state index in [1.807, 2.05) is 19.1 Å². The van der Waals surface area contributed by atoms with Crippen LogP contribution in [0.5, 0.6) is 0 Å². The lowest BCUT2D eigenvalue weighted by molar-refractivity contribution is -0.123. The van der Waals surface area contributed by atoms with E-state index >= 15 is 0 Å². The van der Waals surface area contributed by atoms with E-state index in [0.717, 1.165) is 16.2 Å². The van der Waals surface area contributed by atoms with Gasteiger partial charge in [0.2, 0.25) is 17.8 Å². The number of amides is 4. The number of likely N-dealkylation sites (N-methyl/N-ethyl adjacent to an activating group) is 2. The number of rotatable bonds is 9. The Bertz CT molecular complexity index is 1230. The van der Waals surface area contributed by atoms with Gasteiger partial charge in [0.15, 0.2) is 0 Å². The summed E-state index contributed by atoms with van der Waals surface area (Å²) in [7, 11) is 2.89. The number of carbonyl (C=O) groups is 4. The Morgan fingerprint density at radius 3 is 2.11 bits per heavy atom. The zero-order valence-electron chi connectivity index (χ0n) is 20.9. The summed E-state index contributed by atoms with van der Waals surface area (Å²) in [6, 6.07) is 7.72. The second-order valence-corrected chi connectivity index (χ2v) is 8.14. The lowest BCUT2D eigenvalue weighted by atomic mass is 10.1. The number of allylic oxidation sites excluding steroid dienone is 4. The molecule has 3 rings (SSSR count). The van der Waals surface area contributed by atoms with Crippen molar-refractivity contribution in [2.75, 3.05) is 32.5 Å². The average molecular weight is 504 g/mol. The highest BCUT2D eigenvalue weighted by atomic mass is 16.2. The Balaban J connectivity index is 1.72. The molecule has 0 saturated heterocycles. The summed E-state index contributed by atoms with van der Waals surface area (Å²) in [5.74, 6) is -1.24. The molecule has 1 aliphatic rings. The van der Waals surface area contributed by atoms with E-state index in [-0.39, 0.29) is 24.6 Å². The maximum absolute atomic E-state index is 12.9. The second-order valence-electron chi connectivity index (χ2n) is 8.14. The molecular weight excluding hydrogens is 474 g/mol. The van der Waals surface area contributed by atoms with E-state index in [1.165, 1.54) is 38.4 Å². The number of aromatic nitrogens is 2. The van der Waals surface area contributed by atoms with Crippen molar-refractivity contribution < 1.29 is 19.2 Å². The normalized spacial score (nSPS) is 12.7. The Hall–Kier alpha value is -4.80. The lowest BCUT2D eigenvalue weighted by Gasteiger charge is -2.21. The van der Waals surface area contributed by atoms with Gasteiger partial charge < -0.3 is 26.2 Å². The van der Waals surface area contributed by atoms with Crippen LogP contribution in [0, 0.1) is 0 Å². The summed E-state index contributed by atoms with van der Waals surface area (Å²) in [5, 5.41) is 10.9. The minimum Gasteiger partial charge on any atom is -0.358 e. The Morgan fingerprint density at radius 2 is 1.51 bits per heavy atom. The van der Waals surface area contributed by atoms with Crippen molar-refractivity contribution in [2.45, 2.75) is 13.3 Å². The molecule has 192 valence electrons. The van der Waals surface area contributed by atoms with Gasteiger partial charge in [-0.25, -0.2) is 9.97 Å². The molecule has 0 atom stereocenters. The molecule has 1 aromatic heterocycles. The molecule has 11 heteroatoms. The smallest absolute Gasteiger partial charge is 0.255 e. The van der Waals surface area contributed by atoms with Crippen LogP contribution in [0.15, 0.2) is 77.9 Å². The van der Waals surface area contributed by atoms with Crippen molar-refractivity contribution in [1.82, 2.24) is 30.8 Å². The number of nitrogens with one attached hydrogen (secondary N) is 4. The molecule has 0 spiro atoms. The molecule has 1 heterocycles. The van der Waals surface area contributed by atoms with Gasteiger partial charge in [-0.2, -0.15) is 0 Å². The standard InChI is InChI=1S/C26H29N7O4/c1-17-6-4-7-20(14-21(17)32-26-29-12-5-13-30-26)31-24(36)18-8-10-19(11-9-18)25(37)33(15-22(34)27-2)16-23(35)28-3/h4-5,7-14H,6,15-16H2,1-3H3,(H,27,34)(H,28,35)(H,31,36)(H,29,30,32). The van der Waals surface area contributed by atoms with Crippen LogP contribution in [0.3, 0.4) is 0 Å². The van der Waals surface area contributed by atoms with Crippen LogP contribution in [0.25, 0.3) is 0 Å². The van der Waals surface area contributed by atoms with Crippen LogP contribution in [0.1, 0.15) is 34.1 Å². The molecule has 0 bridgehead atoms. The zero-order chi connectivity index (χ0) is 26.8. The monoisotopic (exact) mass is 503 g/mol.